The predicted molar refractivity (Wildman–Crippen MR) is 64.8 cm³/mol. The van der Waals surface area contributed by atoms with Crippen molar-refractivity contribution in [3.63, 3.8) is 0 Å². The van der Waals surface area contributed by atoms with Crippen molar-refractivity contribution in [2.75, 3.05) is 6.54 Å². The van der Waals surface area contributed by atoms with E-state index in [0.29, 0.717) is 17.4 Å². The number of nitrogens with one attached hydrogen (secondary N) is 1. The molecule has 0 spiro atoms. The number of primary sulfonamides is 1. The van der Waals surface area contributed by atoms with E-state index >= 15 is 0 Å². The average molecular weight is 254 g/mol. The SMILES string of the molecule is NCCCc1ccc2n[nH]c(S(N)(=O)=O)c2c1. The van der Waals surface area contributed by atoms with E-state index in [1.165, 1.54) is 0 Å². The van der Waals surface area contributed by atoms with Crippen LogP contribution in [-0.2, 0) is 16.4 Å². The van der Waals surface area contributed by atoms with Crippen LogP contribution in [-0.4, -0.2) is 25.2 Å². The first-order valence-corrected chi connectivity index (χ1v) is 6.77. The minimum Gasteiger partial charge on any atom is -0.330 e. The van der Waals surface area contributed by atoms with E-state index in [-0.39, 0.29) is 5.03 Å². The summed E-state index contributed by atoms with van der Waals surface area (Å²) >= 11 is 0. The summed E-state index contributed by atoms with van der Waals surface area (Å²) in [5, 5.41) is 11.9. The van der Waals surface area contributed by atoms with Crippen LogP contribution in [0.5, 0.6) is 0 Å². The van der Waals surface area contributed by atoms with Gasteiger partial charge in [0.25, 0.3) is 10.0 Å². The van der Waals surface area contributed by atoms with Gasteiger partial charge >= 0.3 is 0 Å². The van der Waals surface area contributed by atoms with Crippen LogP contribution in [0.3, 0.4) is 0 Å². The number of hydrogen-bond donors (Lipinski definition) is 3. The number of rotatable bonds is 4. The Morgan fingerprint density at radius 3 is 2.76 bits per heavy atom. The number of fused-ring (bicyclic) bond motifs is 1. The van der Waals surface area contributed by atoms with Crippen molar-refractivity contribution in [2.24, 2.45) is 10.9 Å². The zero-order valence-corrected chi connectivity index (χ0v) is 10.00. The van der Waals surface area contributed by atoms with E-state index < -0.39 is 10.0 Å². The van der Waals surface area contributed by atoms with E-state index in [4.69, 9.17) is 10.9 Å². The fourth-order valence-corrected chi connectivity index (χ4v) is 2.36. The summed E-state index contributed by atoms with van der Waals surface area (Å²) in [7, 11) is -3.77. The number of aromatic nitrogens is 2. The standard InChI is InChI=1S/C10H14N4O2S/c11-5-1-2-7-3-4-9-8(6-7)10(14-13-9)17(12,15)16/h3-4,6H,1-2,5,11H2,(H,13,14)(H2,12,15,16). The fraction of sp³-hybridized carbons (Fsp3) is 0.300. The zero-order valence-electron chi connectivity index (χ0n) is 9.18. The van der Waals surface area contributed by atoms with Gasteiger partial charge in [0.15, 0.2) is 5.03 Å². The third-order valence-corrected chi connectivity index (χ3v) is 3.42. The molecule has 17 heavy (non-hydrogen) atoms. The van der Waals surface area contributed by atoms with Gasteiger partial charge in [0.1, 0.15) is 0 Å². The minimum atomic E-state index is -3.77. The number of aromatic amines is 1. The van der Waals surface area contributed by atoms with Gasteiger partial charge in [-0.1, -0.05) is 6.07 Å². The zero-order chi connectivity index (χ0) is 12.5. The number of H-pyrrole nitrogens is 1. The molecule has 1 aromatic heterocycles. The summed E-state index contributed by atoms with van der Waals surface area (Å²) < 4.78 is 22.6. The quantitative estimate of drug-likeness (QED) is 0.717. The van der Waals surface area contributed by atoms with Crippen LogP contribution in [0.25, 0.3) is 10.9 Å². The van der Waals surface area contributed by atoms with Crippen molar-refractivity contribution in [1.29, 1.82) is 0 Å². The first kappa shape index (κ1) is 12.0. The van der Waals surface area contributed by atoms with Crippen molar-refractivity contribution in [3.8, 4) is 0 Å². The molecule has 2 rings (SSSR count). The topological polar surface area (TPSA) is 115 Å². The molecule has 7 heteroatoms. The molecule has 1 heterocycles. The van der Waals surface area contributed by atoms with Gasteiger partial charge in [0.05, 0.1) is 5.52 Å². The minimum absolute atomic E-state index is 0.0397. The molecule has 0 bridgehead atoms. The third kappa shape index (κ3) is 2.46. The molecule has 0 fully saturated rings. The first-order valence-electron chi connectivity index (χ1n) is 5.22. The van der Waals surface area contributed by atoms with Crippen molar-refractivity contribution < 1.29 is 8.42 Å². The molecule has 0 amide bonds. The second-order valence-electron chi connectivity index (χ2n) is 3.84. The van der Waals surface area contributed by atoms with Crippen molar-refractivity contribution in [2.45, 2.75) is 17.9 Å². The first-order chi connectivity index (χ1) is 8.02. The summed E-state index contributed by atoms with van der Waals surface area (Å²) in [6.45, 7) is 0.603. The van der Waals surface area contributed by atoms with Crippen LogP contribution in [0.1, 0.15) is 12.0 Å². The van der Waals surface area contributed by atoms with Crippen LogP contribution in [0.4, 0.5) is 0 Å². The summed E-state index contributed by atoms with van der Waals surface area (Å²) in [6, 6.07) is 5.46. The van der Waals surface area contributed by atoms with Crippen LogP contribution >= 0.6 is 0 Å². The van der Waals surface area contributed by atoms with Crippen LogP contribution in [0.15, 0.2) is 23.2 Å². The lowest BCUT2D eigenvalue weighted by Gasteiger charge is -2.00. The van der Waals surface area contributed by atoms with E-state index in [0.717, 1.165) is 18.4 Å². The Balaban J connectivity index is 2.51. The van der Waals surface area contributed by atoms with Gasteiger partial charge < -0.3 is 5.73 Å². The summed E-state index contributed by atoms with van der Waals surface area (Å²) in [5.74, 6) is 0. The number of nitrogens with zero attached hydrogens (tertiary/aromatic N) is 1. The van der Waals surface area contributed by atoms with E-state index in [9.17, 15) is 8.42 Å². The average Bonchev–Trinajstić information content (AvgIpc) is 2.68. The Labute approximate surface area is 99.0 Å². The van der Waals surface area contributed by atoms with Gasteiger partial charge in [0, 0.05) is 5.39 Å². The smallest absolute Gasteiger partial charge is 0.255 e. The number of aryl methyl sites for hydroxylation is 1. The van der Waals surface area contributed by atoms with Crippen molar-refractivity contribution in [3.05, 3.63) is 23.8 Å². The molecule has 0 radical (unpaired) electrons. The van der Waals surface area contributed by atoms with Gasteiger partial charge in [-0.15, -0.1) is 0 Å². The molecule has 6 nitrogen and oxygen atoms in total. The summed E-state index contributed by atoms with van der Waals surface area (Å²) in [6.07, 6.45) is 1.66. The molecule has 0 aliphatic heterocycles. The molecule has 1 aromatic carbocycles. The summed E-state index contributed by atoms with van der Waals surface area (Å²) in [5.41, 5.74) is 7.04. The lowest BCUT2D eigenvalue weighted by atomic mass is 10.1. The van der Waals surface area contributed by atoms with Gasteiger partial charge in [0.2, 0.25) is 0 Å². The molecule has 0 saturated heterocycles. The Hall–Kier alpha value is -1.44. The molecular weight excluding hydrogens is 240 g/mol. The van der Waals surface area contributed by atoms with Gasteiger partial charge in [-0.3, -0.25) is 5.10 Å². The number of benzene rings is 1. The predicted octanol–water partition coefficient (Wildman–Crippen LogP) is 0.102. The maximum Gasteiger partial charge on any atom is 0.255 e. The molecule has 0 atom stereocenters. The highest BCUT2D eigenvalue weighted by Gasteiger charge is 2.15. The number of hydrogen-bond acceptors (Lipinski definition) is 4. The van der Waals surface area contributed by atoms with Crippen LogP contribution in [0.2, 0.25) is 0 Å². The second kappa shape index (κ2) is 4.44. The van der Waals surface area contributed by atoms with Gasteiger partial charge in [-0.25, -0.2) is 13.6 Å². The molecule has 0 saturated carbocycles. The largest absolute Gasteiger partial charge is 0.330 e. The lowest BCUT2D eigenvalue weighted by molar-refractivity contribution is 0.594. The maximum atomic E-state index is 11.3. The van der Waals surface area contributed by atoms with E-state index in [1.807, 2.05) is 6.07 Å². The Bertz CT molecular complexity index is 633. The normalized spacial score (nSPS) is 12.1. The molecule has 0 aliphatic carbocycles. The highest BCUT2D eigenvalue weighted by atomic mass is 32.2. The van der Waals surface area contributed by atoms with Crippen molar-refractivity contribution >= 4 is 20.9 Å². The van der Waals surface area contributed by atoms with Gasteiger partial charge in [-0.05, 0) is 37.1 Å². The van der Waals surface area contributed by atoms with Gasteiger partial charge in [-0.2, -0.15) is 5.10 Å². The number of nitrogens with two attached hydrogens (primary N) is 2. The second-order valence-corrected chi connectivity index (χ2v) is 5.34. The molecular formula is C10H14N4O2S. The Morgan fingerprint density at radius 2 is 2.12 bits per heavy atom. The molecule has 92 valence electrons. The lowest BCUT2D eigenvalue weighted by Crippen LogP contribution is -2.13. The highest BCUT2D eigenvalue weighted by molar-refractivity contribution is 7.89. The molecule has 2 aromatic rings. The third-order valence-electron chi connectivity index (χ3n) is 2.54. The van der Waals surface area contributed by atoms with Crippen LogP contribution in [0, 0.1) is 0 Å². The van der Waals surface area contributed by atoms with Crippen LogP contribution < -0.4 is 10.9 Å². The fourth-order valence-electron chi connectivity index (χ4n) is 1.71. The van der Waals surface area contributed by atoms with E-state index in [2.05, 4.69) is 10.2 Å². The maximum absolute atomic E-state index is 11.3. The highest BCUT2D eigenvalue weighted by Crippen LogP contribution is 2.21. The summed E-state index contributed by atoms with van der Waals surface area (Å²) in [4.78, 5) is 0. The Morgan fingerprint density at radius 1 is 1.35 bits per heavy atom. The van der Waals surface area contributed by atoms with E-state index in [1.54, 1.807) is 12.1 Å². The van der Waals surface area contributed by atoms with Crippen molar-refractivity contribution in [1.82, 2.24) is 10.2 Å². The molecule has 5 N–H and O–H groups in total. The monoisotopic (exact) mass is 254 g/mol. The molecule has 0 aliphatic rings. The number of sulfonamides is 1. The molecule has 0 unspecified atom stereocenters. The Kier molecular flexibility index (Phi) is 3.14.